The molecule has 2 atom stereocenters. The third kappa shape index (κ3) is 6.09. The van der Waals surface area contributed by atoms with E-state index in [0.717, 1.165) is 19.2 Å². The lowest BCUT2D eigenvalue weighted by molar-refractivity contribution is 0.167. The summed E-state index contributed by atoms with van der Waals surface area (Å²) in [6.45, 7) is 16.8. The van der Waals surface area contributed by atoms with Gasteiger partial charge < -0.3 is 9.64 Å². The largest absolute Gasteiger partial charge is 0.369 e. The van der Waals surface area contributed by atoms with Gasteiger partial charge in [0.2, 0.25) is 0 Å². The second-order valence-corrected chi connectivity index (χ2v) is 5.61. The van der Waals surface area contributed by atoms with Gasteiger partial charge >= 0.3 is 0 Å². The van der Waals surface area contributed by atoms with Gasteiger partial charge in [-0.15, -0.1) is 0 Å². The van der Waals surface area contributed by atoms with E-state index >= 15 is 0 Å². The van der Waals surface area contributed by atoms with E-state index in [4.69, 9.17) is 4.74 Å². The molecule has 1 fully saturated rings. The Morgan fingerprint density at radius 1 is 1.16 bits per heavy atom. The van der Waals surface area contributed by atoms with Crippen molar-refractivity contribution in [2.24, 2.45) is 0 Å². The zero-order valence-corrected chi connectivity index (χ0v) is 14.5. The second kappa shape index (κ2) is 8.76. The smallest absolute Gasteiger partial charge is 0.101 e. The first kappa shape index (κ1) is 18.7. The minimum Gasteiger partial charge on any atom is -0.369 e. The van der Waals surface area contributed by atoms with Crippen LogP contribution in [-0.4, -0.2) is 36.7 Å². The van der Waals surface area contributed by atoms with Crippen LogP contribution in [0.1, 0.15) is 67.7 Å². The van der Waals surface area contributed by atoms with Crippen LogP contribution in [-0.2, 0) is 4.74 Å². The van der Waals surface area contributed by atoms with E-state index in [2.05, 4.69) is 32.7 Å². The van der Waals surface area contributed by atoms with E-state index in [9.17, 15) is 0 Å². The van der Waals surface area contributed by atoms with E-state index < -0.39 is 0 Å². The summed E-state index contributed by atoms with van der Waals surface area (Å²) in [6, 6.07) is 0.731. The molecule has 0 aromatic carbocycles. The van der Waals surface area contributed by atoms with Crippen LogP contribution in [0.4, 0.5) is 0 Å². The van der Waals surface area contributed by atoms with Crippen LogP contribution in [0.3, 0.4) is 0 Å². The number of nitrogens with zero attached hydrogens (tertiary/aromatic N) is 1. The maximum absolute atomic E-state index is 5.45. The van der Waals surface area contributed by atoms with Gasteiger partial charge in [0.15, 0.2) is 0 Å². The Hall–Kier alpha value is -0.340. The molecule has 0 saturated carbocycles. The van der Waals surface area contributed by atoms with Crippen molar-refractivity contribution in [1.29, 1.82) is 0 Å². The monoisotopic (exact) mass is 269 g/mol. The Morgan fingerprint density at radius 2 is 1.68 bits per heavy atom. The summed E-state index contributed by atoms with van der Waals surface area (Å²) >= 11 is 0. The molecule has 0 spiro atoms. The molecule has 1 aliphatic carbocycles. The Bertz CT molecular complexity index is 279. The SMILES string of the molecule is CC.CC.CC1=C(C)CC(N(C)CC2(C)CO2)CC1. The molecule has 0 aromatic heterocycles. The number of allylic oxidation sites excluding steroid dienone is 1. The Morgan fingerprint density at radius 3 is 2.11 bits per heavy atom. The molecule has 2 nitrogen and oxygen atoms in total. The van der Waals surface area contributed by atoms with Crippen molar-refractivity contribution < 1.29 is 4.74 Å². The van der Waals surface area contributed by atoms with E-state index in [-0.39, 0.29) is 5.60 Å². The highest BCUT2D eigenvalue weighted by molar-refractivity contribution is 5.15. The fraction of sp³-hybridized carbons (Fsp3) is 0.882. The molecular formula is C17H35NO. The minimum absolute atomic E-state index is 0.166. The molecule has 0 bridgehead atoms. The first-order chi connectivity index (χ1) is 9.00. The lowest BCUT2D eigenvalue weighted by Gasteiger charge is -2.33. The molecule has 0 aromatic rings. The summed E-state index contributed by atoms with van der Waals surface area (Å²) in [6.07, 6.45) is 3.84. The number of likely N-dealkylation sites (N-methyl/N-ethyl adjacent to an activating group) is 1. The van der Waals surface area contributed by atoms with Crippen molar-refractivity contribution in [3.8, 4) is 0 Å². The van der Waals surface area contributed by atoms with Gasteiger partial charge in [-0.3, -0.25) is 0 Å². The Balaban J connectivity index is 0.000000741. The van der Waals surface area contributed by atoms with Crippen molar-refractivity contribution in [2.75, 3.05) is 20.2 Å². The van der Waals surface area contributed by atoms with Crippen LogP contribution in [0.5, 0.6) is 0 Å². The number of ether oxygens (including phenoxy) is 1. The molecule has 0 N–H and O–H groups in total. The molecule has 1 heterocycles. The third-order valence-electron chi connectivity index (χ3n) is 3.97. The van der Waals surface area contributed by atoms with Gasteiger partial charge in [0.1, 0.15) is 5.60 Å². The van der Waals surface area contributed by atoms with Crippen LogP contribution in [0.15, 0.2) is 11.1 Å². The molecule has 1 aliphatic heterocycles. The van der Waals surface area contributed by atoms with Gasteiger partial charge in [0.05, 0.1) is 6.61 Å². The van der Waals surface area contributed by atoms with Crippen LogP contribution in [0.25, 0.3) is 0 Å². The highest BCUT2D eigenvalue weighted by Crippen LogP contribution is 2.31. The molecule has 1 saturated heterocycles. The molecular weight excluding hydrogens is 234 g/mol. The average Bonchev–Trinajstić information content (AvgIpc) is 3.15. The number of hydrogen-bond donors (Lipinski definition) is 0. The number of epoxide rings is 1. The molecule has 2 heteroatoms. The molecule has 114 valence electrons. The highest BCUT2D eigenvalue weighted by Gasteiger charge is 2.41. The molecule has 0 amide bonds. The average molecular weight is 269 g/mol. The standard InChI is InChI=1S/C13H23NO.2C2H6/c1-10-5-6-12(7-11(10)2)14(4)8-13(3)9-15-13;2*1-2/h12H,5-9H2,1-4H3;2*1-2H3. The predicted octanol–water partition coefficient (Wildman–Crippen LogP) is 4.65. The fourth-order valence-electron chi connectivity index (χ4n) is 2.47. The second-order valence-electron chi connectivity index (χ2n) is 5.61. The molecule has 0 radical (unpaired) electrons. The van der Waals surface area contributed by atoms with Crippen molar-refractivity contribution in [2.45, 2.75) is 79.4 Å². The van der Waals surface area contributed by atoms with E-state index in [1.807, 2.05) is 27.7 Å². The normalized spacial score (nSPS) is 29.2. The van der Waals surface area contributed by atoms with Crippen LogP contribution in [0, 0.1) is 0 Å². The summed E-state index contributed by atoms with van der Waals surface area (Å²) in [5.74, 6) is 0. The quantitative estimate of drug-likeness (QED) is 0.547. The zero-order valence-electron chi connectivity index (χ0n) is 14.5. The molecule has 2 aliphatic rings. The first-order valence-corrected chi connectivity index (χ1v) is 8.00. The lowest BCUT2D eigenvalue weighted by atomic mass is 9.89. The number of hydrogen-bond acceptors (Lipinski definition) is 2. The van der Waals surface area contributed by atoms with Gasteiger partial charge in [-0.2, -0.15) is 0 Å². The van der Waals surface area contributed by atoms with Crippen molar-refractivity contribution in [3.05, 3.63) is 11.1 Å². The van der Waals surface area contributed by atoms with Crippen LogP contribution < -0.4 is 0 Å². The minimum atomic E-state index is 0.166. The topological polar surface area (TPSA) is 15.8 Å². The van der Waals surface area contributed by atoms with Gasteiger partial charge in [-0.1, -0.05) is 38.8 Å². The van der Waals surface area contributed by atoms with E-state index in [0.29, 0.717) is 0 Å². The lowest BCUT2D eigenvalue weighted by Crippen LogP contribution is -2.39. The third-order valence-corrected chi connectivity index (χ3v) is 3.97. The summed E-state index contributed by atoms with van der Waals surface area (Å²) in [4.78, 5) is 2.49. The van der Waals surface area contributed by atoms with Crippen molar-refractivity contribution in [3.63, 3.8) is 0 Å². The summed E-state index contributed by atoms with van der Waals surface area (Å²) in [7, 11) is 2.24. The fourth-order valence-corrected chi connectivity index (χ4v) is 2.47. The first-order valence-electron chi connectivity index (χ1n) is 8.00. The summed E-state index contributed by atoms with van der Waals surface area (Å²) < 4.78 is 5.45. The van der Waals surface area contributed by atoms with Crippen LogP contribution in [0.2, 0.25) is 0 Å². The van der Waals surface area contributed by atoms with Gasteiger partial charge in [-0.05, 0) is 47.1 Å². The zero-order chi connectivity index (χ0) is 15.1. The highest BCUT2D eigenvalue weighted by atomic mass is 16.6. The Labute approximate surface area is 121 Å². The van der Waals surface area contributed by atoms with Gasteiger partial charge in [-0.25, -0.2) is 0 Å². The summed E-state index contributed by atoms with van der Waals surface area (Å²) in [5.41, 5.74) is 3.37. The summed E-state index contributed by atoms with van der Waals surface area (Å²) in [5, 5.41) is 0. The van der Waals surface area contributed by atoms with Crippen LogP contribution >= 0.6 is 0 Å². The van der Waals surface area contributed by atoms with Crippen molar-refractivity contribution in [1.82, 2.24) is 4.90 Å². The maximum Gasteiger partial charge on any atom is 0.101 e. The van der Waals surface area contributed by atoms with Crippen molar-refractivity contribution >= 4 is 0 Å². The molecule has 19 heavy (non-hydrogen) atoms. The van der Waals surface area contributed by atoms with Gasteiger partial charge in [0.25, 0.3) is 0 Å². The molecule has 2 rings (SSSR count). The number of rotatable bonds is 3. The predicted molar refractivity (Wildman–Crippen MR) is 85.7 cm³/mol. The van der Waals surface area contributed by atoms with Gasteiger partial charge in [0, 0.05) is 12.6 Å². The maximum atomic E-state index is 5.45. The van der Waals surface area contributed by atoms with E-state index in [1.54, 1.807) is 11.1 Å². The Kier molecular flexibility index (Phi) is 8.60. The van der Waals surface area contributed by atoms with E-state index in [1.165, 1.54) is 19.3 Å². The molecule has 2 unspecified atom stereocenters.